The Balaban J connectivity index is 1.29. The highest BCUT2D eigenvalue weighted by Crippen LogP contribution is 2.19. The van der Waals surface area contributed by atoms with E-state index in [2.05, 4.69) is 28.1 Å². The van der Waals surface area contributed by atoms with Crippen LogP contribution in [0.5, 0.6) is 5.75 Å². The Kier molecular flexibility index (Phi) is 8.21. The number of unbranched alkanes of at least 4 members (excludes halogenated alkanes) is 1. The number of nitrogens with one attached hydrogen (secondary N) is 1. The van der Waals surface area contributed by atoms with Crippen LogP contribution < -0.4 is 10.1 Å². The van der Waals surface area contributed by atoms with Crippen LogP contribution in [0.1, 0.15) is 41.0 Å². The van der Waals surface area contributed by atoms with E-state index in [0.717, 1.165) is 60.4 Å². The van der Waals surface area contributed by atoms with Gasteiger partial charge in [-0.2, -0.15) is 0 Å². The van der Waals surface area contributed by atoms with Gasteiger partial charge in [-0.05, 0) is 74.7 Å². The minimum atomic E-state index is -0.0297. The third kappa shape index (κ3) is 6.39. The Morgan fingerprint density at radius 2 is 1.82 bits per heavy atom. The summed E-state index contributed by atoms with van der Waals surface area (Å²) >= 11 is 5.92. The summed E-state index contributed by atoms with van der Waals surface area (Å²) in [5.74, 6) is 1.87. The number of hydrogen-bond acceptors (Lipinski definition) is 3. The number of nitrogens with zero attached hydrogens (tertiary/aromatic N) is 2. The van der Waals surface area contributed by atoms with Gasteiger partial charge in [-0.25, -0.2) is 4.98 Å². The molecule has 6 heteroatoms. The smallest absolute Gasteiger partial charge is 0.251 e. The summed E-state index contributed by atoms with van der Waals surface area (Å²) in [6.45, 7) is 4.15. The van der Waals surface area contributed by atoms with Gasteiger partial charge in [-0.1, -0.05) is 41.4 Å². The maximum Gasteiger partial charge on any atom is 0.251 e. The predicted octanol–water partition coefficient (Wildman–Crippen LogP) is 6.22. The molecule has 0 spiro atoms. The van der Waals surface area contributed by atoms with Crippen LogP contribution in [0.2, 0.25) is 5.02 Å². The minimum Gasteiger partial charge on any atom is -0.494 e. The van der Waals surface area contributed by atoms with Gasteiger partial charge in [0.05, 0.1) is 17.6 Å². The summed E-state index contributed by atoms with van der Waals surface area (Å²) < 4.78 is 8.13. The van der Waals surface area contributed by atoms with Crippen LogP contribution in [0.25, 0.3) is 11.0 Å². The van der Waals surface area contributed by atoms with Gasteiger partial charge in [-0.3, -0.25) is 4.79 Å². The first-order chi connectivity index (χ1) is 16.6. The number of para-hydroxylation sites is 2. The topological polar surface area (TPSA) is 56.2 Å². The van der Waals surface area contributed by atoms with Gasteiger partial charge in [0.1, 0.15) is 11.6 Å². The van der Waals surface area contributed by atoms with Crippen molar-refractivity contribution in [2.24, 2.45) is 0 Å². The number of carbonyl (C=O) groups excluding carboxylic acids is 1. The number of fused-ring (bicyclic) bond motifs is 1. The lowest BCUT2D eigenvalue weighted by Gasteiger charge is -2.11. The molecule has 1 amide bonds. The molecule has 4 aromatic rings. The number of halogens is 1. The molecule has 0 aliphatic carbocycles. The summed E-state index contributed by atoms with van der Waals surface area (Å²) in [4.78, 5) is 17.2. The summed E-state index contributed by atoms with van der Waals surface area (Å²) in [6.07, 6.45) is 3.58. The number of rotatable bonds is 11. The number of benzene rings is 3. The van der Waals surface area contributed by atoms with Gasteiger partial charge >= 0.3 is 0 Å². The fourth-order valence-electron chi connectivity index (χ4n) is 4.00. The van der Waals surface area contributed by atoms with Crippen molar-refractivity contribution in [3.05, 3.63) is 94.8 Å². The highest BCUT2D eigenvalue weighted by molar-refractivity contribution is 6.30. The maximum atomic E-state index is 12.4. The van der Waals surface area contributed by atoms with Gasteiger partial charge in [-0.15, -0.1) is 0 Å². The monoisotopic (exact) mass is 475 g/mol. The van der Waals surface area contributed by atoms with E-state index in [9.17, 15) is 4.79 Å². The van der Waals surface area contributed by atoms with E-state index in [4.69, 9.17) is 21.3 Å². The van der Waals surface area contributed by atoms with Crippen molar-refractivity contribution in [1.29, 1.82) is 0 Å². The molecule has 0 fully saturated rings. The van der Waals surface area contributed by atoms with Crippen molar-refractivity contribution in [3.63, 3.8) is 0 Å². The van der Waals surface area contributed by atoms with Crippen LogP contribution in [-0.4, -0.2) is 28.6 Å². The van der Waals surface area contributed by atoms with E-state index in [1.54, 1.807) is 0 Å². The first kappa shape index (κ1) is 23.8. The van der Waals surface area contributed by atoms with Crippen molar-refractivity contribution in [3.8, 4) is 5.75 Å². The molecule has 34 heavy (non-hydrogen) atoms. The van der Waals surface area contributed by atoms with Crippen LogP contribution in [0, 0.1) is 6.92 Å². The quantitative estimate of drug-likeness (QED) is 0.262. The van der Waals surface area contributed by atoms with Crippen LogP contribution in [0.4, 0.5) is 0 Å². The van der Waals surface area contributed by atoms with Crippen molar-refractivity contribution in [1.82, 2.24) is 14.9 Å². The largest absolute Gasteiger partial charge is 0.494 e. The summed E-state index contributed by atoms with van der Waals surface area (Å²) in [5, 5.41) is 3.74. The number of aryl methyl sites for hydroxylation is 3. The van der Waals surface area contributed by atoms with Gasteiger partial charge in [0, 0.05) is 30.1 Å². The highest BCUT2D eigenvalue weighted by Gasteiger charge is 2.11. The molecule has 1 N–H and O–H groups in total. The molecule has 176 valence electrons. The zero-order valence-corrected chi connectivity index (χ0v) is 20.2. The van der Waals surface area contributed by atoms with E-state index in [-0.39, 0.29) is 5.91 Å². The number of ether oxygens (including phenoxy) is 1. The lowest BCUT2D eigenvalue weighted by Crippen LogP contribution is -2.25. The molecular formula is C28H30ClN3O2. The van der Waals surface area contributed by atoms with Crippen molar-refractivity contribution in [2.45, 2.75) is 39.2 Å². The molecule has 0 atom stereocenters. The molecule has 4 rings (SSSR count). The normalized spacial score (nSPS) is 11.0. The highest BCUT2D eigenvalue weighted by atomic mass is 35.5. The molecule has 0 unspecified atom stereocenters. The maximum absolute atomic E-state index is 12.4. The Morgan fingerprint density at radius 1 is 1.00 bits per heavy atom. The number of aromatic nitrogens is 2. The second-order valence-corrected chi connectivity index (χ2v) is 8.84. The Bertz CT molecular complexity index is 1230. The molecule has 0 saturated carbocycles. The second-order valence-electron chi connectivity index (χ2n) is 8.41. The number of amides is 1. The third-order valence-electron chi connectivity index (χ3n) is 5.74. The van der Waals surface area contributed by atoms with E-state index in [0.29, 0.717) is 23.7 Å². The molecule has 3 aromatic carbocycles. The molecule has 0 aliphatic heterocycles. The fourth-order valence-corrected chi connectivity index (χ4v) is 4.12. The Hall–Kier alpha value is -3.31. The van der Waals surface area contributed by atoms with Crippen LogP contribution in [0.3, 0.4) is 0 Å². The van der Waals surface area contributed by atoms with E-state index in [1.807, 2.05) is 61.5 Å². The zero-order chi connectivity index (χ0) is 23.8. The lowest BCUT2D eigenvalue weighted by molar-refractivity contribution is 0.0953. The number of hydrogen-bond donors (Lipinski definition) is 1. The van der Waals surface area contributed by atoms with Gasteiger partial charge < -0.3 is 14.6 Å². The minimum absolute atomic E-state index is 0.0297. The lowest BCUT2D eigenvalue weighted by atomic mass is 10.1. The first-order valence-corrected chi connectivity index (χ1v) is 12.2. The standard InChI is InChI=1S/C28H30ClN3O2/c1-21-8-6-9-22(20-21)28(33)30-17-7-12-27-31-25-10-2-3-11-26(25)32(27)18-4-5-19-34-24-15-13-23(29)14-16-24/h2-3,6,8-11,13-16,20H,4-5,7,12,17-19H2,1H3,(H,30,33). The van der Waals surface area contributed by atoms with Gasteiger partial charge in [0.2, 0.25) is 0 Å². The molecule has 1 aromatic heterocycles. The third-order valence-corrected chi connectivity index (χ3v) is 5.99. The molecular weight excluding hydrogens is 446 g/mol. The van der Waals surface area contributed by atoms with Crippen molar-refractivity contribution >= 4 is 28.5 Å². The summed E-state index contributed by atoms with van der Waals surface area (Å²) in [6, 6.07) is 23.4. The van der Waals surface area contributed by atoms with Gasteiger partial charge in [0.25, 0.3) is 5.91 Å². The average Bonchev–Trinajstić information content (AvgIpc) is 3.20. The van der Waals surface area contributed by atoms with Gasteiger partial charge in [0.15, 0.2) is 0 Å². The van der Waals surface area contributed by atoms with E-state index >= 15 is 0 Å². The molecule has 0 bridgehead atoms. The molecule has 0 radical (unpaired) electrons. The van der Waals surface area contributed by atoms with E-state index < -0.39 is 0 Å². The van der Waals surface area contributed by atoms with Crippen LogP contribution in [0.15, 0.2) is 72.8 Å². The Labute approximate surface area is 205 Å². The number of carbonyl (C=O) groups is 1. The molecule has 5 nitrogen and oxygen atoms in total. The fraction of sp³-hybridized carbons (Fsp3) is 0.286. The van der Waals surface area contributed by atoms with E-state index in [1.165, 1.54) is 0 Å². The predicted molar refractivity (Wildman–Crippen MR) is 138 cm³/mol. The second kappa shape index (κ2) is 11.7. The van der Waals surface area contributed by atoms with Crippen molar-refractivity contribution in [2.75, 3.05) is 13.2 Å². The Morgan fingerprint density at radius 3 is 2.65 bits per heavy atom. The molecule has 1 heterocycles. The first-order valence-electron chi connectivity index (χ1n) is 11.8. The van der Waals surface area contributed by atoms with Crippen LogP contribution >= 0.6 is 11.6 Å². The van der Waals surface area contributed by atoms with Crippen molar-refractivity contribution < 1.29 is 9.53 Å². The summed E-state index contributed by atoms with van der Waals surface area (Å²) in [7, 11) is 0. The van der Waals surface area contributed by atoms with Crippen LogP contribution in [-0.2, 0) is 13.0 Å². The zero-order valence-electron chi connectivity index (χ0n) is 19.5. The summed E-state index contributed by atoms with van der Waals surface area (Å²) in [5.41, 5.74) is 3.95. The SMILES string of the molecule is Cc1cccc(C(=O)NCCCc2nc3ccccc3n2CCCCOc2ccc(Cl)cc2)c1. The molecule has 0 aliphatic rings. The molecule has 0 saturated heterocycles. The number of imidazole rings is 1. The average molecular weight is 476 g/mol.